The average Bonchev–Trinajstić information content (AvgIpc) is 3.04. The van der Waals surface area contributed by atoms with E-state index in [9.17, 15) is 19.5 Å². The third-order valence-electron chi connectivity index (χ3n) is 4.23. The van der Waals surface area contributed by atoms with E-state index in [1.807, 2.05) is 0 Å². The Morgan fingerprint density at radius 2 is 1.31 bits per heavy atom. The molecule has 1 fully saturated rings. The summed E-state index contributed by atoms with van der Waals surface area (Å²) < 4.78 is 21.5. The minimum absolute atomic E-state index is 0.259. The lowest BCUT2D eigenvalue weighted by atomic mass is 10.1. The van der Waals surface area contributed by atoms with Gasteiger partial charge in [-0.2, -0.15) is 0 Å². The standard InChI is InChI=1S/C21H20O8/c1-13(23)26-21-18(29-20(25)15-10-6-3-7-11-15)17(16(12-22)27-21)28-19(24)14-8-4-2-5-9-14/h2-11,16-18,21-22H,12H2,1H3. The Labute approximate surface area is 167 Å². The first-order valence-corrected chi connectivity index (χ1v) is 8.95. The highest BCUT2D eigenvalue weighted by molar-refractivity contribution is 5.90. The van der Waals surface area contributed by atoms with E-state index in [0.717, 1.165) is 6.92 Å². The minimum Gasteiger partial charge on any atom is -0.452 e. The molecule has 1 saturated heterocycles. The van der Waals surface area contributed by atoms with Gasteiger partial charge in [-0.05, 0) is 24.3 Å². The summed E-state index contributed by atoms with van der Waals surface area (Å²) in [6.45, 7) is 0.626. The highest BCUT2D eigenvalue weighted by Crippen LogP contribution is 2.29. The molecule has 152 valence electrons. The Bertz CT molecular complexity index is 851. The number of hydrogen-bond acceptors (Lipinski definition) is 8. The topological polar surface area (TPSA) is 108 Å². The molecule has 1 N–H and O–H groups in total. The number of rotatable bonds is 6. The second-order valence-corrected chi connectivity index (χ2v) is 6.31. The molecular weight excluding hydrogens is 380 g/mol. The highest BCUT2D eigenvalue weighted by Gasteiger charge is 2.51. The third-order valence-corrected chi connectivity index (χ3v) is 4.23. The van der Waals surface area contributed by atoms with Gasteiger partial charge in [0, 0.05) is 6.92 Å². The van der Waals surface area contributed by atoms with Crippen molar-refractivity contribution in [2.24, 2.45) is 0 Å². The van der Waals surface area contributed by atoms with Crippen molar-refractivity contribution in [3.05, 3.63) is 71.8 Å². The van der Waals surface area contributed by atoms with Crippen molar-refractivity contribution in [1.82, 2.24) is 0 Å². The SMILES string of the molecule is CC(=O)OC1OC(CO)C(OC(=O)c2ccccc2)C1OC(=O)c1ccccc1. The molecule has 8 heteroatoms. The van der Waals surface area contributed by atoms with E-state index in [2.05, 4.69) is 0 Å². The van der Waals surface area contributed by atoms with Crippen LogP contribution >= 0.6 is 0 Å². The number of ether oxygens (including phenoxy) is 4. The first kappa shape index (κ1) is 20.5. The van der Waals surface area contributed by atoms with Gasteiger partial charge >= 0.3 is 17.9 Å². The second-order valence-electron chi connectivity index (χ2n) is 6.31. The molecule has 0 aromatic heterocycles. The number of aliphatic hydroxyl groups excluding tert-OH is 1. The van der Waals surface area contributed by atoms with Gasteiger partial charge in [-0.25, -0.2) is 9.59 Å². The van der Waals surface area contributed by atoms with Gasteiger partial charge in [-0.1, -0.05) is 36.4 Å². The summed E-state index contributed by atoms with van der Waals surface area (Å²) in [5.74, 6) is -2.08. The number of esters is 3. The van der Waals surface area contributed by atoms with E-state index >= 15 is 0 Å². The Kier molecular flexibility index (Phi) is 6.58. The van der Waals surface area contributed by atoms with E-state index < -0.39 is 49.1 Å². The molecule has 0 radical (unpaired) electrons. The van der Waals surface area contributed by atoms with E-state index in [4.69, 9.17) is 18.9 Å². The molecule has 2 aromatic rings. The molecule has 2 aromatic carbocycles. The van der Waals surface area contributed by atoms with Crippen LogP contribution in [0.4, 0.5) is 0 Å². The van der Waals surface area contributed by atoms with Crippen LogP contribution in [-0.2, 0) is 23.7 Å². The van der Waals surface area contributed by atoms with Gasteiger partial charge in [0.2, 0.25) is 12.4 Å². The highest BCUT2D eigenvalue weighted by atomic mass is 16.7. The van der Waals surface area contributed by atoms with Crippen LogP contribution in [0, 0.1) is 0 Å². The summed E-state index contributed by atoms with van der Waals surface area (Å²) in [7, 11) is 0. The van der Waals surface area contributed by atoms with Crippen LogP contribution in [0.1, 0.15) is 27.6 Å². The van der Waals surface area contributed by atoms with Crippen molar-refractivity contribution in [2.45, 2.75) is 31.5 Å². The maximum absolute atomic E-state index is 12.5. The Morgan fingerprint density at radius 1 is 0.828 bits per heavy atom. The van der Waals surface area contributed by atoms with Crippen molar-refractivity contribution in [3.63, 3.8) is 0 Å². The number of benzene rings is 2. The van der Waals surface area contributed by atoms with Crippen LogP contribution in [0.5, 0.6) is 0 Å². The zero-order chi connectivity index (χ0) is 20.8. The van der Waals surface area contributed by atoms with Gasteiger partial charge in [0.25, 0.3) is 0 Å². The van der Waals surface area contributed by atoms with Gasteiger partial charge in [-0.15, -0.1) is 0 Å². The van der Waals surface area contributed by atoms with Crippen molar-refractivity contribution in [2.75, 3.05) is 6.61 Å². The molecule has 29 heavy (non-hydrogen) atoms. The molecule has 1 heterocycles. The molecular formula is C21H20O8. The molecule has 4 unspecified atom stereocenters. The maximum atomic E-state index is 12.5. The molecule has 4 atom stereocenters. The molecule has 0 aliphatic carbocycles. The summed E-state index contributed by atoms with van der Waals surface area (Å²) in [4.78, 5) is 36.4. The number of carbonyl (C=O) groups is 3. The zero-order valence-corrected chi connectivity index (χ0v) is 15.6. The van der Waals surface area contributed by atoms with E-state index in [1.165, 1.54) is 0 Å². The monoisotopic (exact) mass is 400 g/mol. The van der Waals surface area contributed by atoms with Gasteiger partial charge in [0.05, 0.1) is 17.7 Å². The van der Waals surface area contributed by atoms with Gasteiger partial charge in [0.1, 0.15) is 6.10 Å². The maximum Gasteiger partial charge on any atom is 0.338 e. The summed E-state index contributed by atoms with van der Waals surface area (Å²) >= 11 is 0. The Balaban J connectivity index is 1.83. The number of aliphatic hydroxyl groups is 1. The fourth-order valence-electron chi connectivity index (χ4n) is 2.90. The molecule has 1 aliphatic rings. The van der Waals surface area contributed by atoms with Crippen LogP contribution in [0.2, 0.25) is 0 Å². The van der Waals surface area contributed by atoms with Crippen molar-refractivity contribution in [1.29, 1.82) is 0 Å². The summed E-state index contributed by atoms with van der Waals surface area (Å²) in [5, 5.41) is 9.64. The molecule has 0 saturated carbocycles. The Hall–Kier alpha value is -3.23. The number of hydrogen-bond donors (Lipinski definition) is 1. The van der Waals surface area contributed by atoms with Gasteiger partial charge in [-0.3, -0.25) is 4.79 Å². The van der Waals surface area contributed by atoms with Crippen molar-refractivity contribution < 1.29 is 38.4 Å². The lowest BCUT2D eigenvalue weighted by Gasteiger charge is -2.23. The first-order valence-electron chi connectivity index (χ1n) is 8.95. The van der Waals surface area contributed by atoms with Crippen molar-refractivity contribution in [3.8, 4) is 0 Å². The average molecular weight is 400 g/mol. The Morgan fingerprint density at radius 3 is 1.76 bits per heavy atom. The van der Waals surface area contributed by atoms with Crippen LogP contribution in [0.25, 0.3) is 0 Å². The van der Waals surface area contributed by atoms with Crippen LogP contribution < -0.4 is 0 Å². The largest absolute Gasteiger partial charge is 0.452 e. The first-order chi connectivity index (χ1) is 14.0. The third kappa shape index (κ3) is 4.98. The summed E-state index contributed by atoms with van der Waals surface area (Å²) in [5.41, 5.74) is 0.530. The smallest absolute Gasteiger partial charge is 0.338 e. The predicted octanol–water partition coefficient (Wildman–Crippen LogP) is 1.72. The van der Waals surface area contributed by atoms with Crippen LogP contribution in [0.3, 0.4) is 0 Å². The summed E-state index contributed by atoms with van der Waals surface area (Å²) in [6.07, 6.45) is -4.80. The summed E-state index contributed by atoms with van der Waals surface area (Å²) in [6, 6.07) is 16.3. The van der Waals surface area contributed by atoms with E-state index in [1.54, 1.807) is 60.7 Å². The fraction of sp³-hybridized carbons (Fsp3) is 0.286. The van der Waals surface area contributed by atoms with Gasteiger partial charge in [0.15, 0.2) is 6.10 Å². The fourth-order valence-corrected chi connectivity index (χ4v) is 2.90. The van der Waals surface area contributed by atoms with Gasteiger partial charge < -0.3 is 24.1 Å². The lowest BCUT2D eigenvalue weighted by molar-refractivity contribution is -0.187. The van der Waals surface area contributed by atoms with Crippen LogP contribution in [0.15, 0.2) is 60.7 Å². The van der Waals surface area contributed by atoms with Crippen LogP contribution in [-0.4, -0.2) is 54.2 Å². The second kappa shape index (κ2) is 9.31. The molecule has 0 spiro atoms. The zero-order valence-electron chi connectivity index (χ0n) is 15.6. The number of carbonyl (C=O) groups excluding carboxylic acids is 3. The van der Waals surface area contributed by atoms with E-state index in [0.29, 0.717) is 0 Å². The predicted molar refractivity (Wildman–Crippen MR) is 98.8 cm³/mol. The van der Waals surface area contributed by atoms with Crippen molar-refractivity contribution >= 4 is 17.9 Å². The normalized spacial score (nSPS) is 23.2. The lowest BCUT2D eigenvalue weighted by Crippen LogP contribution is -2.42. The molecule has 3 rings (SSSR count). The molecule has 1 aliphatic heterocycles. The molecule has 0 amide bonds. The van der Waals surface area contributed by atoms with E-state index in [-0.39, 0.29) is 11.1 Å². The molecule has 0 bridgehead atoms. The minimum atomic E-state index is -1.33. The quantitative estimate of drug-likeness (QED) is 0.577. The molecule has 8 nitrogen and oxygen atoms in total.